The molecule has 8 fully saturated rings. The zero-order valence-electron chi connectivity index (χ0n) is 21.6. The second-order valence-corrected chi connectivity index (χ2v) is 15.7. The molecule has 7 nitrogen and oxygen atoms in total. The molecule has 3 N–H and O–H groups in total. The molecule has 0 aromatic rings. The average molecular weight is 524 g/mol. The summed E-state index contributed by atoms with van der Waals surface area (Å²) in [6.45, 7) is 0.941. The summed E-state index contributed by atoms with van der Waals surface area (Å²) in [5, 5.41) is 5.05. The minimum absolute atomic E-state index is 0. The van der Waals surface area contributed by atoms with Gasteiger partial charge in [-0.2, -0.15) is 12.7 Å². The fraction of sp³-hybridized carbons (Fsp3) is 1.00. The van der Waals surface area contributed by atoms with E-state index < -0.39 is 20.5 Å². The fourth-order valence-corrected chi connectivity index (χ4v) is 12.2. The van der Waals surface area contributed by atoms with Gasteiger partial charge >= 0.3 is 39.9 Å². The van der Waals surface area contributed by atoms with Crippen molar-refractivity contribution in [3.8, 4) is 0 Å². The van der Waals surface area contributed by atoms with Crippen molar-refractivity contribution in [1.29, 1.82) is 4.78 Å². The number of hydrogen-bond acceptors (Lipinski definition) is 5. The van der Waals surface area contributed by atoms with Gasteiger partial charge in [-0.15, -0.1) is 3.63 Å². The van der Waals surface area contributed by atoms with Crippen molar-refractivity contribution in [2.45, 2.75) is 77.0 Å². The van der Waals surface area contributed by atoms with Crippen molar-refractivity contribution in [2.24, 2.45) is 64.3 Å². The molecular formula is C24H42N3NaO4S2. The third kappa shape index (κ3) is 5.33. The van der Waals surface area contributed by atoms with Crippen LogP contribution in [0.5, 0.6) is 0 Å². The van der Waals surface area contributed by atoms with Crippen LogP contribution in [-0.2, 0) is 24.1 Å². The van der Waals surface area contributed by atoms with Gasteiger partial charge < -0.3 is 1.43 Å². The summed E-state index contributed by atoms with van der Waals surface area (Å²) in [5.74, 6) is 7.89. The maximum absolute atomic E-state index is 13.2. The molecule has 8 bridgehead atoms. The van der Waals surface area contributed by atoms with Crippen LogP contribution in [0.3, 0.4) is 0 Å². The number of nitrogens with zero attached hydrogens (tertiary/aromatic N) is 1. The summed E-state index contributed by atoms with van der Waals surface area (Å²) in [5.41, 5.74) is 0. The van der Waals surface area contributed by atoms with Gasteiger partial charge in [0, 0.05) is 13.1 Å². The molecule has 8 saturated carbocycles. The van der Waals surface area contributed by atoms with E-state index in [0.717, 1.165) is 60.2 Å². The molecule has 190 valence electrons. The van der Waals surface area contributed by atoms with Crippen LogP contribution in [0.4, 0.5) is 0 Å². The molecule has 1 unspecified atom stereocenters. The first kappa shape index (κ1) is 26.4. The standard InChI is InChI=1S/C24H41N3O4S2.Na.H/c25-32(28,31-33(26,29)30)27(3-1-23-19-7-15-5-16(9-19)10-20(23)8-15)4-2-24-21-11-17-6-18(13-21)14-22(24)12-17;;/h15-25H,1-14H2,(H2,26,29,30);;/q;+1;-1. The van der Waals surface area contributed by atoms with Crippen molar-refractivity contribution in [3.63, 3.8) is 0 Å². The number of hydrogen-bond donors (Lipinski definition) is 2. The quantitative estimate of drug-likeness (QED) is 0.445. The molecule has 0 aromatic carbocycles. The van der Waals surface area contributed by atoms with E-state index in [-0.39, 0.29) is 31.0 Å². The van der Waals surface area contributed by atoms with Crippen molar-refractivity contribution < 1.29 is 47.2 Å². The monoisotopic (exact) mass is 523 g/mol. The Morgan fingerprint density at radius 1 is 0.706 bits per heavy atom. The SMILES string of the molecule is N=S(=O)(OS(N)(=O)=O)N(CCC1C2CC3CC(C2)CC1C3)CCC1C2CC3CC(C2)CC1C3.[H-].[Na+]. The number of nitrogens with one attached hydrogen (secondary N) is 1. The van der Waals surface area contributed by atoms with Crippen LogP contribution in [0.25, 0.3) is 0 Å². The number of nitrogens with two attached hydrogens (primary N) is 1. The first-order valence-corrected chi connectivity index (χ1v) is 16.3. The average Bonchev–Trinajstić information content (AvgIpc) is 2.68. The number of rotatable bonds is 9. The molecule has 10 heteroatoms. The summed E-state index contributed by atoms with van der Waals surface area (Å²) < 4.78 is 50.9. The molecule has 0 spiro atoms. The third-order valence-corrected chi connectivity index (χ3v) is 13.3. The van der Waals surface area contributed by atoms with E-state index in [1.165, 1.54) is 68.5 Å². The first-order valence-electron chi connectivity index (χ1n) is 13.4. The minimum Gasteiger partial charge on any atom is -1.00 e. The maximum atomic E-state index is 13.2. The summed E-state index contributed by atoms with van der Waals surface area (Å²) >= 11 is 0. The normalized spacial score (nSPS) is 45.9. The molecule has 8 aliphatic carbocycles. The van der Waals surface area contributed by atoms with Gasteiger partial charge in [0.05, 0.1) is 0 Å². The topological polar surface area (TPSA) is 114 Å². The Bertz CT molecular complexity index is 877. The van der Waals surface area contributed by atoms with Gasteiger partial charge in [-0.25, -0.2) is 14.1 Å². The Morgan fingerprint density at radius 3 is 1.32 bits per heavy atom. The molecule has 0 aliphatic heterocycles. The summed E-state index contributed by atoms with van der Waals surface area (Å²) in [6.07, 6.45) is 15.2. The molecule has 0 saturated heterocycles. The zero-order valence-corrected chi connectivity index (χ0v) is 24.3. The van der Waals surface area contributed by atoms with Crippen molar-refractivity contribution >= 4 is 20.5 Å². The van der Waals surface area contributed by atoms with Crippen LogP contribution in [0.1, 0.15) is 78.5 Å². The molecular weight excluding hydrogens is 481 g/mol. The maximum Gasteiger partial charge on any atom is 1.00 e. The molecule has 8 rings (SSSR count). The van der Waals surface area contributed by atoms with E-state index >= 15 is 0 Å². The third-order valence-electron chi connectivity index (χ3n) is 10.8. The molecule has 0 amide bonds. The summed E-state index contributed by atoms with van der Waals surface area (Å²) in [4.78, 5) is 0. The van der Waals surface area contributed by atoms with Crippen molar-refractivity contribution in [3.05, 3.63) is 0 Å². The Kier molecular flexibility index (Phi) is 7.63. The van der Waals surface area contributed by atoms with Crippen LogP contribution in [0.2, 0.25) is 0 Å². The van der Waals surface area contributed by atoms with Crippen LogP contribution in [0, 0.1) is 64.0 Å². The van der Waals surface area contributed by atoms with E-state index in [2.05, 4.69) is 3.63 Å². The van der Waals surface area contributed by atoms with E-state index in [9.17, 15) is 12.6 Å². The molecule has 0 heterocycles. The molecule has 1 atom stereocenters. The van der Waals surface area contributed by atoms with Crippen LogP contribution >= 0.6 is 0 Å². The summed E-state index contributed by atoms with van der Waals surface area (Å²) in [6, 6.07) is 0. The largest absolute Gasteiger partial charge is 1.00 e. The smallest absolute Gasteiger partial charge is 1.00 e. The second-order valence-electron chi connectivity index (χ2n) is 12.7. The Balaban J connectivity index is 0.00000144. The zero-order chi connectivity index (χ0) is 23.0. The Labute approximate surface area is 230 Å². The van der Waals surface area contributed by atoms with Gasteiger partial charge in [0.2, 0.25) is 10.2 Å². The predicted octanol–water partition coefficient (Wildman–Crippen LogP) is 1.43. The van der Waals surface area contributed by atoms with E-state index in [0.29, 0.717) is 24.9 Å². The van der Waals surface area contributed by atoms with Crippen LogP contribution < -0.4 is 34.7 Å². The van der Waals surface area contributed by atoms with E-state index in [1.54, 1.807) is 0 Å². The van der Waals surface area contributed by atoms with Gasteiger partial charge in [0.25, 0.3) is 0 Å². The van der Waals surface area contributed by atoms with Crippen molar-refractivity contribution in [2.75, 3.05) is 13.1 Å². The van der Waals surface area contributed by atoms with Crippen LogP contribution in [-0.4, -0.2) is 30.0 Å². The predicted molar refractivity (Wildman–Crippen MR) is 128 cm³/mol. The van der Waals surface area contributed by atoms with Gasteiger partial charge in [0.1, 0.15) is 0 Å². The molecule has 0 radical (unpaired) electrons. The first-order chi connectivity index (χ1) is 15.6. The van der Waals surface area contributed by atoms with Crippen LogP contribution in [0.15, 0.2) is 0 Å². The Hall–Kier alpha value is 0.780. The van der Waals surface area contributed by atoms with E-state index in [1.807, 2.05) is 0 Å². The summed E-state index contributed by atoms with van der Waals surface area (Å²) in [7, 11) is -8.36. The van der Waals surface area contributed by atoms with E-state index in [4.69, 9.17) is 9.92 Å². The molecule has 34 heavy (non-hydrogen) atoms. The van der Waals surface area contributed by atoms with Gasteiger partial charge in [-0.1, -0.05) is 0 Å². The Morgan fingerprint density at radius 2 is 1.03 bits per heavy atom. The van der Waals surface area contributed by atoms with Gasteiger partial charge in [-0.3, -0.25) is 0 Å². The molecule has 8 aliphatic rings. The van der Waals surface area contributed by atoms with Gasteiger partial charge in [-0.05, 0) is 136 Å². The molecule has 0 aromatic heterocycles. The van der Waals surface area contributed by atoms with Gasteiger partial charge in [0.15, 0.2) is 0 Å². The fourth-order valence-electron chi connectivity index (χ4n) is 10.1. The van der Waals surface area contributed by atoms with Crippen molar-refractivity contribution in [1.82, 2.24) is 4.31 Å². The second kappa shape index (κ2) is 9.83. The minimum atomic E-state index is -4.45.